The molecule has 2 aromatic heterocycles. The average molecular weight is 484 g/mol. The van der Waals surface area contributed by atoms with Crippen LogP contribution < -0.4 is 22.2 Å². The summed E-state index contributed by atoms with van der Waals surface area (Å²) in [6.07, 6.45) is 2.86. The normalized spacial score (nSPS) is 11.2. The molecule has 0 saturated heterocycles. The summed E-state index contributed by atoms with van der Waals surface area (Å²) in [7, 11) is 0. The number of hydrogen-bond donors (Lipinski definition) is 3. The van der Waals surface area contributed by atoms with E-state index >= 15 is 0 Å². The molecule has 0 saturated carbocycles. The number of halogens is 2. The molecule has 0 fully saturated rings. The van der Waals surface area contributed by atoms with E-state index in [1.165, 1.54) is 16.7 Å². The molecule has 0 amide bonds. The minimum absolute atomic E-state index is 0.187. The van der Waals surface area contributed by atoms with Crippen LogP contribution in [0.25, 0.3) is 16.9 Å². The van der Waals surface area contributed by atoms with Crippen molar-refractivity contribution in [1.82, 2.24) is 19.7 Å². The van der Waals surface area contributed by atoms with Crippen LogP contribution in [0.2, 0.25) is 10.0 Å². The highest BCUT2D eigenvalue weighted by Crippen LogP contribution is 2.23. The molecular formula is C24H23Cl2N5O2. The molecule has 2 heterocycles. The lowest BCUT2D eigenvalue weighted by Gasteiger charge is -2.09. The number of aromatic amines is 1. The highest BCUT2D eigenvalue weighted by molar-refractivity contribution is 6.42. The Morgan fingerprint density at radius 2 is 1.76 bits per heavy atom. The fraction of sp³-hybridized carbons (Fsp3) is 0.208. The van der Waals surface area contributed by atoms with Gasteiger partial charge in [0.05, 0.1) is 15.6 Å². The van der Waals surface area contributed by atoms with Gasteiger partial charge in [-0.3, -0.25) is 14.0 Å². The van der Waals surface area contributed by atoms with E-state index in [1.807, 2.05) is 30.3 Å². The molecule has 0 spiro atoms. The molecule has 0 aliphatic rings. The first-order valence-electron chi connectivity index (χ1n) is 10.5. The van der Waals surface area contributed by atoms with Crippen molar-refractivity contribution in [2.75, 3.05) is 13.1 Å². The molecule has 4 aromatic rings. The molecule has 0 unspecified atom stereocenters. The Balaban J connectivity index is 1.60. The molecular weight excluding hydrogens is 461 g/mol. The average Bonchev–Trinajstić information content (AvgIpc) is 2.79. The van der Waals surface area contributed by atoms with Crippen molar-refractivity contribution in [3.8, 4) is 11.1 Å². The predicted molar refractivity (Wildman–Crippen MR) is 132 cm³/mol. The van der Waals surface area contributed by atoms with Gasteiger partial charge in [0.15, 0.2) is 0 Å². The lowest BCUT2D eigenvalue weighted by atomic mass is 10.1. The molecule has 4 rings (SSSR count). The third-order valence-electron chi connectivity index (χ3n) is 5.26. The van der Waals surface area contributed by atoms with Crippen LogP contribution in [0.3, 0.4) is 0 Å². The third kappa shape index (κ3) is 5.51. The highest BCUT2D eigenvalue weighted by atomic mass is 35.5. The van der Waals surface area contributed by atoms with Crippen LogP contribution in [0.5, 0.6) is 0 Å². The van der Waals surface area contributed by atoms with Crippen molar-refractivity contribution in [1.29, 1.82) is 0 Å². The van der Waals surface area contributed by atoms with Gasteiger partial charge in [-0.05, 0) is 48.3 Å². The molecule has 7 nitrogen and oxygen atoms in total. The summed E-state index contributed by atoms with van der Waals surface area (Å²) in [5.41, 5.74) is 8.45. The van der Waals surface area contributed by atoms with Crippen molar-refractivity contribution in [2.24, 2.45) is 5.73 Å². The summed E-state index contributed by atoms with van der Waals surface area (Å²) in [4.78, 5) is 32.7. The number of nitrogens with zero attached hydrogens (tertiary/aromatic N) is 2. The fourth-order valence-electron chi connectivity index (χ4n) is 3.53. The standard InChI is InChI=1S/C24H23Cl2N5O2/c25-20-7-4-16(11-21(20)26)10-18-12-22(32)31-14-19(23(33)30-24(31)29-18)17-5-2-15(3-6-17)13-28-9-1-8-27/h2-7,11-12,14,28H,1,8-10,13,27H2,(H,29,30,33). The van der Waals surface area contributed by atoms with Gasteiger partial charge in [0.2, 0.25) is 5.78 Å². The van der Waals surface area contributed by atoms with Crippen LogP contribution in [0.4, 0.5) is 0 Å². The van der Waals surface area contributed by atoms with E-state index in [0.717, 1.165) is 30.6 Å². The smallest absolute Gasteiger partial charge is 0.282 e. The topological polar surface area (TPSA) is 105 Å². The van der Waals surface area contributed by atoms with Gasteiger partial charge >= 0.3 is 0 Å². The number of fused-ring (bicyclic) bond motifs is 1. The first-order chi connectivity index (χ1) is 15.9. The van der Waals surface area contributed by atoms with Gasteiger partial charge in [0.1, 0.15) is 0 Å². The summed E-state index contributed by atoms with van der Waals surface area (Å²) in [6, 6.07) is 14.4. The maximum absolute atomic E-state index is 12.8. The first kappa shape index (κ1) is 23.2. The lowest BCUT2D eigenvalue weighted by Crippen LogP contribution is -2.22. The van der Waals surface area contributed by atoms with Crippen LogP contribution in [-0.4, -0.2) is 27.5 Å². The predicted octanol–water partition coefficient (Wildman–Crippen LogP) is 3.39. The van der Waals surface area contributed by atoms with Gasteiger partial charge in [0.25, 0.3) is 11.1 Å². The van der Waals surface area contributed by atoms with Gasteiger partial charge < -0.3 is 16.0 Å². The maximum Gasteiger partial charge on any atom is 0.282 e. The summed E-state index contributed by atoms with van der Waals surface area (Å²) in [5.74, 6) is 0.187. The highest BCUT2D eigenvalue weighted by Gasteiger charge is 2.10. The van der Waals surface area contributed by atoms with E-state index in [9.17, 15) is 9.59 Å². The molecule has 33 heavy (non-hydrogen) atoms. The minimum atomic E-state index is -0.411. The number of H-pyrrole nitrogens is 1. The summed E-state index contributed by atoms with van der Waals surface area (Å²) >= 11 is 12.0. The monoisotopic (exact) mass is 483 g/mol. The van der Waals surface area contributed by atoms with E-state index in [-0.39, 0.29) is 11.3 Å². The third-order valence-corrected chi connectivity index (χ3v) is 6.00. The summed E-state index contributed by atoms with van der Waals surface area (Å²) in [6.45, 7) is 2.22. The second kappa shape index (κ2) is 10.3. The van der Waals surface area contributed by atoms with Crippen molar-refractivity contribution in [2.45, 2.75) is 19.4 Å². The zero-order valence-electron chi connectivity index (χ0n) is 17.8. The quantitative estimate of drug-likeness (QED) is 0.333. The Morgan fingerprint density at radius 3 is 2.48 bits per heavy atom. The number of rotatable bonds is 8. The molecule has 0 atom stereocenters. The lowest BCUT2D eigenvalue weighted by molar-refractivity contribution is 0.655. The van der Waals surface area contributed by atoms with Crippen molar-refractivity contribution in [3.05, 3.63) is 102 Å². The second-order valence-electron chi connectivity index (χ2n) is 7.73. The van der Waals surface area contributed by atoms with Crippen molar-refractivity contribution in [3.63, 3.8) is 0 Å². The molecule has 2 aromatic carbocycles. The van der Waals surface area contributed by atoms with Gasteiger partial charge in [-0.25, -0.2) is 0 Å². The zero-order chi connectivity index (χ0) is 23.4. The molecule has 170 valence electrons. The van der Waals surface area contributed by atoms with E-state index in [0.29, 0.717) is 39.8 Å². The molecule has 0 bridgehead atoms. The largest absolute Gasteiger partial charge is 0.330 e. The summed E-state index contributed by atoms with van der Waals surface area (Å²) in [5, 5.41) is 4.22. The van der Waals surface area contributed by atoms with Crippen LogP contribution in [-0.2, 0) is 13.0 Å². The van der Waals surface area contributed by atoms with Crippen LogP contribution >= 0.6 is 23.2 Å². The fourth-order valence-corrected chi connectivity index (χ4v) is 3.86. The van der Waals surface area contributed by atoms with Gasteiger partial charge in [-0.15, -0.1) is 0 Å². The van der Waals surface area contributed by atoms with E-state index < -0.39 is 5.56 Å². The molecule has 9 heteroatoms. The molecule has 4 N–H and O–H groups in total. The van der Waals surface area contributed by atoms with Gasteiger partial charge in [-0.2, -0.15) is 4.98 Å². The Bertz CT molecular complexity index is 1400. The second-order valence-corrected chi connectivity index (χ2v) is 8.54. The zero-order valence-corrected chi connectivity index (χ0v) is 19.3. The molecule has 0 aliphatic carbocycles. The maximum atomic E-state index is 12.8. The number of hydrogen-bond acceptors (Lipinski definition) is 5. The number of nitrogens with one attached hydrogen (secondary N) is 2. The minimum Gasteiger partial charge on any atom is -0.330 e. The van der Waals surface area contributed by atoms with Crippen LogP contribution in [0.1, 0.15) is 23.2 Å². The van der Waals surface area contributed by atoms with Crippen LogP contribution in [0.15, 0.2) is 64.3 Å². The van der Waals surface area contributed by atoms with Gasteiger partial charge in [0, 0.05) is 30.9 Å². The first-order valence-corrected chi connectivity index (χ1v) is 11.3. The Morgan fingerprint density at radius 1 is 1.00 bits per heavy atom. The van der Waals surface area contributed by atoms with Crippen molar-refractivity contribution < 1.29 is 0 Å². The van der Waals surface area contributed by atoms with E-state index in [4.69, 9.17) is 28.9 Å². The van der Waals surface area contributed by atoms with Crippen LogP contribution in [0, 0.1) is 0 Å². The van der Waals surface area contributed by atoms with Gasteiger partial charge in [-0.1, -0.05) is 53.5 Å². The number of nitrogens with two attached hydrogens (primary N) is 1. The SMILES string of the molecule is NCCCNCc1ccc(-c2cn3c(=O)cc(Cc4ccc(Cl)c(Cl)c4)[nH]c3nc2=O)cc1. The van der Waals surface area contributed by atoms with E-state index in [1.54, 1.807) is 12.1 Å². The Hall–Kier alpha value is -2.97. The Kier molecular flexibility index (Phi) is 7.25. The molecule has 0 radical (unpaired) electrons. The number of aromatic nitrogens is 3. The summed E-state index contributed by atoms with van der Waals surface area (Å²) < 4.78 is 1.34. The van der Waals surface area contributed by atoms with E-state index in [2.05, 4.69) is 15.3 Å². The number of benzene rings is 2. The Labute approximate surface area is 200 Å². The molecule has 0 aliphatic heterocycles. The van der Waals surface area contributed by atoms with Crippen molar-refractivity contribution >= 4 is 29.0 Å².